The van der Waals surface area contributed by atoms with Crippen LogP contribution < -0.4 is 5.32 Å². The number of rotatable bonds is 8. The molecule has 92 valence electrons. The molecule has 0 spiro atoms. The van der Waals surface area contributed by atoms with Gasteiger partial charge < -0.3 is 5.32 Å². The first-order chi connectivity index (χ1) is 7.61. The molecule has 0 aliphatic heterocycles. The van der Waals surface area contributed by atoms with E-state index in [-0.39, 0.29) is 5.91 Å². The zero-order valence-electron chi connectivity index (χ0n) is 10.8. The van der Waals surface area contributed by atoms with Gasteiger partial charge in [0.25, 0.3) is 0 Å². The van der Waals surface area contributed by atoms with E-state index in [0.717, 1.165) is 13.0 Å². The second kappa shape index (κ2) is 9.23. The van der Waals surface area contributed by atoms with E-state index in [0.29, 0.717) is 19.1 Å². The Balaban J connectivity index is 3.93. The van der Waals surface area contributed by atoms with Crippen molar-refractivity contribution in [1.82, 2.24) is 10.2 Å². The summed E-state index contributed by atoms with van der Waals surface area (Å²) < 4.78 is 0. The van der Waals surface area contributed by atoms with Gasteiger partial charge in [-0.1, -0.05) is 25.7 Å². The quantitative estimate of drug-likeness (QED) is 0.502. The van der Waals surface area contributed by atoms with Crippen LogP contribution in [0.1, 0.15) is 40.0 Å². The molecule has 0 fully saturated rings. The number of unbranched alkanes of at least 4 members (excludes halogenated alkanes) is 2. The Morgan fingerprint density at radius 2 is 2.12 bits per heavy atom. The van der Waals surface area contributed by atoms with Gasteiger partial charge in [0.2, 0.25) is 5.91 Å². The highest BCUT2D eigenvalue weighted by Gasteiger charge is 2.12. The van der Waals surface area contributed by atoms with Crippen molar-refractivity contribution in [2.24, 2.45) is 0 Å². The van der Waals surface area contributed by atoms with Crippen molar-refractivity contribution in [3.8, 4) is 12.3 Å². The summed E-state index contributed by atoms with van der Waals surface area (Å²) in [6.07, 6.45) is 8.66. The third-order valence-electron chi connectivity index (χ3n) is 2.51. The van der Waals surface area contributed by atoms with Gasteiger partial charge in [-0.15, -0.1) is 6.42 Å². The molecule has 0 unspecified atom stereocenters. The highest BCUT2D eigenvalue weighted by atomic mass is 16.2. The molecular formula is C13H24N2O. The van der Waals surface area contributed by atoms with Crippen molar-refractivity contribution < 1.29 is 4.79 Å². The minimum Gasteiger partial charge on any atom is -0.344 e. The molecule has 0 aromatic rings. The summed E-state index contributed by atoms with van der Waals surface area (Å²) >= 11 is 0. The van der Waals surface area contributed by atoms with Crippen LogP contribution >= 0.6 is 0 Å². The number of nitrogens with one attached hydrogen (secondary N) is 1. The van der Waals surface area contributed by atoms with Crippen molar-refractivity contribution in [2.45, 2.75) is 46.1 Å². The van der Waals surface area contributed by atoms with Crippen LogP contribution in [0.5, 0.6) is 0 Å². The molecule has 0 aromatic heterocycles. The number of amides is 1. The van der Waals surface area contributed by atoms with Gasteiger partial charge in [0.1, 0.15) is 0 Å². The number of nitrogens with zero attached hydrogens (tertiary/aromatic N) is 1. The van der Waals surface area contributed by atoms with Gasteiger partial charge in [-0.25, -0.2) is 0 Å². The van der Waals surface area contributed by atoms with E-state index in [1.165, 1.54) is 12.8 Å². The monoisotopic (exact) mass is 224 g/mol. The number of carbonyl (C=O) groups excluding carboxylic acids is 1. The van der Waals surface area contributed by atoms with Crippen LogP contribution in [0.2, 0.25) is 0 Å². The van der Waals surface area contributed by atoms with E-state index in [4.69, 9.17) is 6.42 Å². The maximum absolute atomic E-state index is 11.5. The molecule has 3 nitrogen and oxygen atoms in total. The SMILES string of the molecule is C#CCNC(=O)CN(CCCCC)C(C)C. The lowest BCUT2D eigenvalue weighted by atomic mass is 10.2. The summed E-state index contributed by atoms with van der Waals surface area (Å²) in [5.74, 6) is 2.42. The van der Waals surface area contributed by atoms with Gasteiger partial charge in [-0.3, -0.25) is 9.69 Å². The Hall–Kier alpha value is -1.01. The number of hydrogen-bond donors (Lipinski definition) is 1. The maximum Gasteiger partial charge on any atom is 0.234 e. The molecule has 1 N–H and O–H groups in total. The number of terminal acetylenes is 1. The second-order valence-corrected chi connectivity index (χ2v) is 4.25. The van der Waals surface area contributed by atoms with Crippen LogP contribution in [0.25, 0.3) is 0 Å². The fourth-order valence-electron chi connectivity index (χ4n) is 1.47. The number of carbonyl (C=O) groups is 1. The fraction of sp³-hybridized carbons (Fsp3) is 0.769. The molecule has 0 saturated carbocycles. The molecule has 0 rings (SSSR count). The van der Waals surface area contributed by atoms with Gasteiger partial charge in [-0.2, -0.15) is 0 Å². The van der Waals surface area contributed by atoms with Crippen molar-refractivity contribution in [3.05, 3.63) is 0 Å². The highest BCUT2D eigenvalue weighted by Crippen LogP contribution is 2.02. The largest absolute Gasteiger partial charge is 0.344 e. The zero-order chi connectivity index (χ0) is 12.4. The van der Waals surface area contributed by atoms with E-state index in [1.807, 2.05) is 0 Å². The van der Waals surface area contributed by atoms with Crippen LogP contribution in [-0.2, 0) is 4.79 Å². The lowest BCUT2D eigenvalue weighted by molar-refractivity contribution is -0.122. The second-order valence-electron chi connectivity index (χ2n) is 4.25. The van der Waals surface area contributed by atoms with Gasteiger partial charge >= 0.3 is 0 Å². The molecule has 0 radical (unpaired) electrons. The number of hydrogen-bond acceptors (Lipinski definition) is 2. The lowest BCUT2D eigenvalue weighted by Crippen LogP contribution is -2.41. The predicted molar refractivity (Wildman–Crippen MR) is 68.1 cm³/mol. The average Bonchev–Trinajstić information content (AvgIpc) is 2.25. The summed E-state index contributed by atoms with van der Waals surface area (Å²) in [5, 5.41) is 2.69. The van der Waals surface area contributed by atoms with Gasteiger partial charge in [0.05, 0.1) is 13.1 Å². The topological polar surface area (TPSA) is 32.3 Å². The molecule has 1 amide bonds. The van der Waals surface area contributed by atoms with Gasteiger partial charge in [0, 0.05) is 6.04 Å². The van der Waals surface area contributed by atoms with Crippen molar-refractivity contribution >= 4 is 5.91 Å². The van der Waals surface area contributed by atoms with Crippen molar-refractivity contribution in [1.29, 1.82) is 0 Å². The first-order valence-electron chi connectivity index (χ1n) is 6.06. The zero-order valence-corrected chi connectivity index (χ0v) is 10.8. The minimum absolute atomic E-state index is 0.0168. The summed E-state index contributed by atoms with van der Waals surface area (Å²) in [7, 11) is 0. The third kappa shape index (κ3) is 7.30. The molecule has 0 aliphatic carbocycles. The highest BCUT2D eigenvalue weighted by molar-refractivity contribution is 5.78. The van der Waals surface area contributed by atoms with Crippen LogP contribution in [-0.4, -0.2) is 36.5 Å². The lowest BCUT2D eigenvalue weighted by Gasteiger charge is -2.25. The summed E-state index contributed by atoms with van der Waals surface area (Å²) in [6, 6.07) is 0.397. The Bertz CT molecular complexity index is 231. The van der Waals surface area contributed by atoms with E-state index in [2.05, 4.69) is 36.9 Å². The van der Waals surface area contributed by atoms with E-state index >= 15 is 0 Å². The van der Waals surface area contributed by atoms with Crippen LogP contribution in [0.15, 0.2) is 0 Å². The molecule has 0 bridgehead atoms. The van der Waals surface area contributed by atoms with E-state index in [9.17, 15) is 4.79 Å². The van der Waals surface area contributed by atoms with Gasteiger partial charge in [-0.05, 0) is 26.8 Å². The molecule has 16 heavy (non-hydrogen) atoms. The Labute approximate surface area is 99.6 Å². The third-order valence-corrected chi connectivity index (χ3v) is 2.51. The van der Waals surface area contributed by atoms with E-state index in [1.54, 1.807) is 0 Å². The van der Waals surface area contributed by atoms with Crippen molar-refractivity contribution in [3.63, 3.8) is 0 Å². The molecule has 0 saturated heterocycles. The van der Waals surface area contributed by atoms with Crippen LogP contribution in [0.3, 0.4) is 0 Å². The predicted octanol–water partition coefficient (Wildman–Crippen LogP) is 1.64. The summed E-state index contributed by atoms with van der Waals surface area (Å²) in [4.78, 5) is 13.7. The summed E-state index contributed by atoms with van der Waals surface area (Å²) in [6.45, 7) is 8.15. The molecular weight excluding hydrogens is 200 g/mol. The first kappa shape index (κ1) is 15.0. The normalized spacial score (nSPS) is 10.5. The Kier molecular flexibility index (Phi) is 8.65. The minimum atomic E-state index is 0.0168. The van der Waals surface area contributed by atoms with Crippen LogP contribution in [0, 0.1) is 12.3 Å². The van der Waals surface area contributed by atoms with Crippen molar-refractivity contribution in [2.75, 3.05) is 19.6 Å². The average molecular weight is 224 g/mol. The molecule has 0 atom stereocenters. The van der Waals surface area contributed by atoms with Gasteiger partial charge in [0.15, 0.2) is 0 Å². The smallest absolute Gasteiger partial charge is 0.234 e. The molecule has 0 aromatic carbocycles. The Morgan fingerprint density at radius 3 is 2.62 bits per heavy atom. The first-order valence-corrected chi connectivity index (χ1v) is 6.06. The standard InChI is InChI=1S/C13H24N2O/c1-5-7-8-10-15(12(3)4)11-13(16)14-9-6-2/h2,12H,5,7-11H2,1,3-4H3,(H,14,16). The van der Waals surface area contributed by atoms with E-state index < -0.39 is 0 Å². The molecule has 0 aliphatic rings. The molecule has 3 heteroatoms. The Morgan fingerprint density at radius 1 is 1.44 bits per heavy atom. The summed E-state index contributed by atoms with van der Waals surface area (Å²) in [5.41, 5.74) is 0. The fourth-order valence-corrected chi connectivity index (χ4v) is 1.47. The maximum atomic E-state index is 11.5. The molecule has 0 heterocycles. The van der Waals surface area contributed by atoms with Crippen LogP contribution in [0.4, 0.5) is 0 Å².